The maximum Gasteiger partial charge on any atom is 0.264 e. The summed E-state index contributed by atoms with van der Waals surface area (Å²) in [5, 5.41) is -0.318. The van der Waals surface area contributed by atoms with Crippen molar-refractivity contribution in [3.05, 3.63) is 52.8 Å². The van der Waals surface area contributed by atoms with Crippen molar-refractivity contribution in [2.45, 2.75) is 36.0 Å². The largest absolute Gasteiger partial charge is 0.279 e. The molecule has 1 fully saturated rings. The van der Waals surface area contributed by atoms with Crippen LogP contribution in [0.15, 0.2) is 46.2 Å². The van der Waals surface area contributed by atoms with E-state index in [1.54, 1.807) is 6.92 Å². The van der Waals surface area contributed by atoms with Gasteiger partial charge in [-0.3, -0.25) is 4.72 Å². The molecule has 1 aliphatic rings. The number of anilines is 1. The predicted molar refractivity (Wildman–Crippen MR) is 106 cm³/mol. The highest BCUT2D eigenvalue weighted by atomic mass is 35.5. The zero-order chi connectivity index (χ0) is 20.5. The molecule has 0 aliphatic carbocycles. The molecule has 1 N–H and O–H groups in total. The number of hydrogen-bond donors (Lipinski definition) is 1. The Morgan fingerprint density at radius 1 is 1.04 bits per heavy atom. The van der Waals surface area contributed by atoms with Crippen LogP contribution in [-0.2, 0) is 20.0 Å². The topological polar surface area (TPSA) is 83.6 Å². The molecule has 0 saturated carbocycles. The summed E-state index contributed by atoms with van der Waals surface area (Å²) in [4.78, 5) is -0.618. The molecule has 2 aromatic carbocycles. The molecule has 0 spiro atoms. The molecule has 1 saturated heterocycles. The summed E-state index contributed by atoms with van der Waals surface area (Å²) in [6.45, 7) is 2.50. The van der Waals surface area contributed by atoms with Crippen LogP contribution >= 0.6 is 11.6 Å². The quantitative estimate of drug-likeness (QED) is 0.757. The average Bonchev–Trinajstić information content (AvgIpc) is 2.66. The van der Waals surface area contributed by atoms with Gasteiger partial charge in [-0.15, -0.1) is 0 Å². The molecule has 3 rings (SSSR count). The third kappa shape index (κ3) is 4.17. The van der Waals surface area contributed by atoms with Gasteiger partial charge in [0.2, 0.25) is 10.0 Å². The third-order valence-electron chi connectivity index (χ3n) is 4.61. The lowest BCUT2D eigenvalue weighted by Gasteiger charge is -2.26. The van der Waals surface area contributed by atoms with Crippen LogP contribution in [0.4, 0.5) is 10.1 Å². The summed E-state index contributed by atoms with van der Waals surface area (Å²) in [5.41, 5.74) is 0.570. The second-order valence-corrected chi connectivity index (χ2v) is 10.6. The first kappa shape index (κ1) is 21.0. The highest BCUT2D eigenvalue weighted by Gasteiger charge is 2.27. The third-order valence-corrected chi connectivity index (χ3v) is 8.18. The van der Waals surface area contributed by atoms with Crippen molar-refractivity contribution in [1.82, 2.24) is 4.31 Å². The molecule has 0 aromatic heterocycles. The monoisotopic (exact) mass is 446 g/mol. The van der Waals surface area contributed by atoms with Crippen molar-refractivity contribution in [2.24, 2.45) is 0 Å². The minimum absolute atomic E-state index is 0.00994. The van der Waals surface area contributed by atoms with Crippen LogP contribution in [0.2, 0.25) is 5.02 Å². The van der Waals surface area contributed by atoms with E-state index in [2.05, 4.69) is 4.72 Å². The molecule has 152 valence electrons. The number of piperidine rings is 1. The summed E-state index contributed by atoms with van der Waals surface area (Å²) in [5.74, 6) is -1.06. The van der Waals surface area contributed by atoms with Gasteiger partial charge in [-0.1, -0.05) is 30.2 Å². The van der Waals surface area contributed by atoms with Crippen molar-refractivity contribution in [3.8, 4) is 0 Å². The fourth-order valence-electron chi connectivity index (χ4n) is 3.02. The molecule has 1 heterocycles. The molecule has 1 aliphatic heterocycles. The van der Waals surface area contributed by atoms with Gasteiger partial charge in [-0.25, -0.2) is 21.2 Å². The number of nitrogens with one attached hydrogen (secondary N) is 1. The molecule has 6 nitrogen and oxygen atoms in total. The van der Waals surface area contributed by atoms with E-state index in [4.69, 9.17) is 11.6 Å². The first-order chi connectivity index (χ1) is 13.1. The van der Waals surface area contributed by atoms with Crippen molar-refractivity contribution < 1.29 is 21.2 Å². The molecule has 0 atom stereocenters. The lowest BCUT2D eigenvalue weighted by Crippen LogP contribution is -2.35. The van der Waals surface area contributed by atoms with Crippen LogP contribution in [-0.4, -0.2) is 34.2 Å². The van der Waals surface area contributed by atoms with E-state index >= 15 is 0 Å². The van der Waals surface area contributed by atoms with E-state index in [0.717, 1.165) is 25.3 Å². The Balaban J connectivity index is 1.97. The number of hydrogen-bond acceptors (Lipinski definition) is 4. The van der Waals surface area contributed by atoms with E-state index in [-0.39, 0.29) is 15.6 Å². The number of aryl methyl sites for hydroxylation is 1. The summed E-state index contributed by atoms with van der Waals surface area (Å²) < 4.78 is 68.8. The Morgan fingerprint density at radius 3 is 2.39 bits per heavy atom. The molecule has 28 heavy (non-hydrogen) atoms. The summed E-state index contributed by atoms with van der Waals surface area (Å²) in [6.07, 6.45) is 2.56. The predicted octanol–water partition coefficient (Wildman–Crippen LogP) is 3.76. The molecule has 0 unspecified atom stereocenters. The highest BCUT2D eigenvalue weighted by molar-refractivity contribution is 7.92. The van der Waals surface area contributed by atoms with Gasteiger partial charge in [0.1, 0.15) is 4.90 Å². The minimum atomic E-state index is -4.29. The van der Waals surface area contributed by atoms with Gasteiger partial charge in [0, 0.05) is 13.1 Å². The fourth-order valence-corrected chi connectivity index (χ4v) is 6.01. The Bertz CT molecular complexity index is 1100. The molecule has 0 radical (unpaired) electrons. The summed E-state index contributed by atoms with van der Waals surface area (Å²) in [7, 11) is -8.03. The first-order valence-corrected chi connectivity index (χ1v) is 12.0. The molecule has 10 heteroatoms. The fraction of sp³-hybridized carbons (Fsp3) is 0.333. The number of rotatable bonds is 5. The summed E-state index contributed by atoms with van der Waals surface area (Å²) in [6, 6.07) is 7.88. The van der Waals surface area contributed by atoms with Crippen LogP contribution in [0.25, 0.3) is 0 Å². The zero-order valence-electron chi connectivity index (χ0n) is 15.2. The van der Waals surface area contributed by atoms with Gasteiger partial charge < -0.3 is 0 Å². The van der Waals surface area contributed by atoms with Crippen LogP contribution < -0.4 is 4.72 Å². The van der Waals surface area contributed by atoms with E-state index in [9.17, 15) is 21.2 Å². The SMILES string of the molecule is Cc1ccc(S(=O)(=O)N2CCCCC2)cc1NS(=O)(=O)c1cccc(Cl)c1F. The van der Waals surface area contributed by atoms with Gasteiger partial charge in [-0.2, -0.15) is 4.31 Å². The average molecular weight is 447 g/mol. The van der Waals surface area contributed by atoms with Crippen LogP contribution in [0.5, 0.6) is 0 Å². The molecular weight excluding hydrogens is 427 g/mol. The number of benzene rings is 2. The van der Waals surface area contributed by atoms with Crippen molar-refractivity contribution in [3.63, 3.8) is 0 Å². The normalized spacial score (nSPS) is 16.1. The van der Waals surface area contributed by atoms with Crippen LogP contribution in [0, 0.1) is 12.7 Å². The van der Waals surface area contributed by atoms with Crippen molar-refractivity contribution in [1.29, 1.82) is 0 Å². The van der Waals surface area contributed by atoms with Gasteiger partial charge in [0.15, 0.2) is 5.82 Å². The smallest absolute Gasteiger partial charge is 0.264 e. The molecule has 2 aromatic rings. The maximum atomic E-state index is 14.2. The van der Waals surface area contributed by atoms with Crippen molar-refractivity contribution in [2.75, 3.05) is 17.8 Å². The van der Waals surface area contributed by atoms with E-state index in [1.165, 1.54) is 34.6 Å². The lowest BCUT2D eigenvalue weighted by atomic mass is 10.2. The first-order valence-electron chi connectivity index (χ1n) is 8.70. The second kappa shape index (κ2) is 7.98. The van der Waals surface area contributed by atoms with Gasteiger partial charge in [0.05, 0.1) is 15.6 Å². The highest BCUT2D eigenvalue weighted by Crippen LogP contribution is 2.28. The Hall–Kier alpha value is -1.68. The van der Waals surface area contributed by atoms with Gasteiger partial charge in [0.25, 0.3) is 10.0 Å². The van der Waals surface area contributed by atoms with E-state index in [1.807, 2.05) is 0 Å². The standard InChI is InChI=1S/C18H20ClFN2O4S2/c1-13-8-9-14(28(25,26)22-10-3-2-4-11-22)12-16(13)21-27(23,24)17-7-5-6-15(19)18(17)20/h5-9,12,21H,2-4,10-11H2,1H3. The summed E-state index contributed by atoms with van der Waals surface area (Å²) >= 11 is 5.67. The van der Waals surface area contributed by atoms with Crippen LogP contribution in [0.3, 0.4) is 0 Å². The van der Waals surface area contributed by atoms with Gasteiger partial charge in [-0.05, 0) is 49.6 Å². The van der Waals surface area contributed by atoms with Gasteiger partial charge >= 0.3 is 0 Å². The van der Waals surface area contributed by atoms with E-state index in [0.29, 0.717) is 18.7 Å². The number of halogens is 2. The number of sulfonamides is 2. The Labute approximate surface area is 169 Å². The maximum absolute atomic E-state index is 14.2. The Morgan fingerprint density at radius 2 is 1.71 bits per heavy atom. The minimum Gasteiger partial charge on any atom is -0.279 e. The molecule has 0 bridgehead atoms. The zero-order valence-corrected chi connectivity index (χ0v) is 17.5. The van der Waals surface area contributed by atoms with Crippen LogP contribution in [0.1, 0.15) is 24.8 Å². The van der Waals surface area contributed by atoms with E-state index < -0.39 is 30.8 Å². The second-order valence-electron chi connectivity index (χ2n) is 6.60. The number of nitrogens with zero attached hydrogens (tertiary/aromatic N) is 1. The Kier molecular flexibility index (Phi) is 6.00. The lowest BCUT2D eigenvalue weighted by molar-refractivity contribution is 0.346. The molecular formula is C18H20ClFN2O4S2. The molecule has 0 amide bonds. The van der Waals surface area contributed by atoms with Crippen molar-refractivity contribution >= 4 is 37.3 Å².